The third kappa shape index (κ3) is 3.25. The van der Waals surface area contributed by atoms with E-state index in [1.54, 1.807) is 7.11 Å². The van der Waals surface area contributed by atoms with E-state index in [9.17, 15) is 0 Å². The molecule has 0 amide bonds. The van der Waals surface area contributed by atoms with Crippen molar-refractivity contribution >= 4 is 0 Å². The van der Waals surface area contributed by atoms with Gasteiger partial charge < -0.3 is 10.1 Å². The molecular weight excluding hydrogens is 174 g/mol. The van der Waals surface area contributed by atoms with E-state index in [-0.39, 0.29) is 0 Å². The van der Waals surface area contributed by atoms with Crippen molar-refractivity contribution in [3.05, 3.63) is 0 Å². The molecule has 0 bridgehead atoms. The molecule has 3 unspecified atom stereocenters. The predicted octanol–water partition coefficient (Wildman–Crippen LogP) is 2.29. The molecule has 0 saturated heterocycles. The Hall–Kier alpha value is -0.0800. The molecule has 14 heavy (non-hydrogen) atoms. The van der Waals surface area contributed by atoms with Crippen LogP contribution in [0.2, 0.25) is 0 Å². The summed E-state index contributed by atoms with van der Waals surface area (Å²) < 4.78 is 5.21. The van der Waals surface area contributed by atoms with E-state index in [0.717, 1.165) is 24.4 Å². The second kappa shape index (κ2) is 6.41. The standard InChI is InChI=1S/C12H25NO/c1-4-7-13-8-11-5-6-12(11)10(2)9-14-3/h10-13H,4-9H2,1-3H3. The van der Waals surface area contributed by atoms with E-state index in [2.05, 4.69) is 19.2 Å². The van der Waals surface area contributed by atoms with E-state index in [4.69, 9.17) is 4.74 Å². The van der Waals surface area contributed by atoms with Gasteiger partial charge >= 0.3 is 0 Å². The fourth-order valence-electron chi connectivity index (χ4n) is 2.45. The Bertz CT molecular complexity index is 149. The van der Waals surface area contributed by atoms with Crippen LogP contribution < -0.4 is 5.32 Å². The van der Waals surface area contributed by atoms with Crippen LogP contribution in [0.5, 0.6) is 0 Å². The van der Waals surface area contributed by atoms with Gasteiger partial charge in [0.15, 0.2) is 0 Å². The van der Waals surface area contributed by atoms with Crippen LogP contribution >= 0.6 is 0 Å². The highest BCUT2D eigenvalue weighted by molar-refractivity contribution is 4.85. The summed E-state index contributed by atoms with van der Waals surface area (Å²) in [5.41, 5.74) is 0. The van der Waals surface area contributed by atoms with Crippen molar-refractivity contribution in [3.8, 4) is 0 Å². The zero-order chi connectivity index (χ0) is 10.4. The molecule has 1 saturated carbocycles. The smallest absolute Gasteiger partial charge is 0.0490 e. The second-order valence-electron chi connectivity index (χ2n) is 4.64. The number of methoxy groups -OCH3 is 1. The first-order valence-electron chi connectivity index (χ1n) is 5.99. The third-order valence-corrected chi connectivity index (χ3v) is 3.47. The van der Waals surface area contributed by atoms with Gasteiger partial charge in [0.05, 0.1) is 0 Å². The molecule has 1 aliphatic rings. The molecule has 1 aliphatic carbocycles. The molecule has 0 heterocycles. The number of ether oxygens (including phenoxy) is 1. The van der Waals surface area contributed by atoms with Crippen LogP contribution in [-0.2, 0) is 4.74 Å². The van der Waals surface area contributed by atoms with Gasteiger partial charge in [0, 0.05) is 13.7 Å². The largest absolute Gasteiger partial charge is 0.384 e. The van der Waals surface area contributed by atoms with Gasteiger partial charge in [-0.2, -0.15) is 0 Å². The summed E-state index contributed by atoms with van der Waals surface area (Å²) in [6, 6.07) is 0. The van der Waals surface area contributed by atoms with Crippen LogP contribution in [0.1, 0.15) is 33.1 Å². The summed E-state index contributed by atoms with van der Waals surface area (Å²) in [6.07, 6.45) is 4.06. The molecule has 0 radical (unpaired) electrons. The summed E-state index contributed by atoms with van der Waals surface area (Å²) >= 11 is 0. The molecule has 0 aromatic carbocycles. The zero-order valence-corrected chi connectivity index (χ0v) is 9.88. The Morgan fingerprint density at radius 1 is 1.43 bits per heavy atom. The molecule has 1 rings (SSSR count). The SMILES string of the molecule is CCCNCC1CCC1C(C)COC. The van der Waals surface area contributed by atoms with Gasteiger partial charge in [0.25, 0.3) is 0 Å². The van der Waals surface area contributed by atoms with Crippen LogP contribution in [0.25, 0.3) is 0 Å². The number of hydrogen-bond donors (Lipinski definition) is 1. The molecule has 2 nitrogen and oxygen atoms in total. The Labute approximate surface area is 88.4 Å². The molecule has 0 aromatic rings. The molecule has 2 heteroatoms. The lowest BCUT2D eigenvalue weighted by Crippen LogP contribution is -2.39. The summed E-state index contributed by atoms with van der Waals surface area (Å²) in [4.78, 5) is 0. The highest BCUT2D eigenvalue weighted by Gasteiger charge is 2.34. The Kier molecular flexibility index (Phi) is 5.49. The molecule has 1 fully saturated rings. The van der Waals surface area contributed by atoms with Crippen molar-refractivity contribution in [3.63, 3.8) is 0 Å². The first-order valence-corrected chi connectivity index (χ1v) is 5.99. The van der Waals surface area contributed by atoms with Crippen LogP contribution in [0, 0.1) is 17.8 Å². The van der Waals surface area contributed by atoms with Crippen LogP contribution in [0.15, 0.2) is 0 Å². The fraction of sp³-hybridized carbons (Fsp3) is 1.00. The maximum Gasteiger partial charge on any atom is 0.0490 e. The monoisotopic (exact) mass is 199 g/mol. The lowest BCUT2D eigenvalue weighted by Gasteiger charge is -2.40. The maximum atomic E-state index is 5.21. The highest BCUT2D eigenvalue weighted by Crippen LogP contribution is 2.39. The number of nitrogens with one attached hydrogen (secondary N) is 1. The zero-order valence-electron chi connectivity index (χ0n) is 9.88. The van der Waals surface area contributed by atoms with Gasteiger partial charge in [0.1, 0.15) is 0 Å². The third-order valence-electron chi connectivity index (χ3n) is 3.47. The van der Waals surface area contributed by atoms with Crippen molar-refractivity contribution in [2.24, 2.45) is 17.8 Å². The van der Waals surface area contributed by atoms with E-state index < -0.39 is 0 Å². The number of rotatable bonds is 7. The van der Waals surface area contributed by atoms with Crippen LogP contribution in [-0.4, -0.2) is 26.8 Å². The Morgan fingerprint density at radius 3 is 2.71 bits per heavy atom. The van der Waals surface area contributed by atoms with E-state index in [0.29, 0.717) is 0 Å². The second-order valence-corrected chi connectivity index (χ2v) is 4.64. The average molecular weight is 199 g/mol. The predicted molar refractivity (Wildman–Crippen MR) is 60.4 cm³/mol. The summed E-state index contributed by atoms with van der Waals surface area (Å²) in [5, 5.41) is 3.52. The maximum absolute atomic E-state index is 5.21. The topological polar surface area (TPSA) is 21.3 Å². The van der Waals surface area contributed by atoms with Gasteiger partial charge in [-0.15, -0.1) is 0 Å². The van der Waals surface area contributed by atoms with Gasteiger partial charge in [-0.05, 0) is 50.1 Å². The van der Waals surface area contributed by atoms with Crippen molar-refractivity contribution in [1.82, 2.24) is 5.32 Å². The minimum absolute atomic E-state index is 0.738. The van der Waals surface area contributed by atoms with Gasteiger partial charge in [-0.1, -0.05) is 13.8 Å². The van der Waals surface area contributed by atoms with E-state index in [1.807, 2.05) is 0 Å². The lowest BCUT2D eigenvalue weighted by molar-refractivity contribution is 0.0519. The first kappa shape index (κ1) is 12.0. The van der Waals surface area contributed by atoms with E-state index >= 15 is 0 Å². The number of hydrogen-bond acceptors (Lipinski definition) is 2. The molecule has 0 spiro atoms. The average Bonchev–Trinajstić information content (AvgIpc) is 2.11. The molecule has 0 aliphatic heterocycles. The normalized spacial score (nSPS) is 28.5. The molecule has 84 valence electrons. The summed E-state index contributed by atoms with van der Waals surface area (Å²) in [6.45, 7) is 7.85. The molecule has 0 aromatic heterocycles. The van der Waals surface area contributed by atoms with E-state index in [1.165, 1.54) is 32.4 Å². The van der Waals surface area contributed by atoms with Gasteiger partial charge in [-0.3, -0.25) is 0 Å². The summed E-state index contributed by atoms with van der Waals surface area (Å²) in [7, 11) is 1.81. The van der Waals surface area contributed by atoms with Crippen LogP contribution in [0.3, 0.4) is 0 Å². The van der Waals surface area contributed by atoms with Crippen molar-refractivity contribution in [1.29, 1.82) is 0 Å². The van der Waals surface area contributed by atoms with Gasteiger partial charge in [-0.25, -0.2) is 0 Å². The molecule has 1 N–H and O–H groups in total. The molecular formula is C12H25NO. The Morgan fingerprint density at radius 2 is 2.21 bits per heavy atom. The molecule has 3 atom stereocenters. The van der Waals surface area contributed by atoms with Crippen molar-refractivity contribution < 1.29 is 4.74 Å². The van der Waals surface area contributed by atoms with Crippen molar-refractivity contribution in [2.75, 3.05) is 26.8 Å². The summed E-state index contributed by atoms with van der Waals surface area (Å²) in [5.74, 6) is 2.55. The lowest BCUT2D eigenvalue weighted by atomic mass is 9.67. The highest BCUT2D eigenvalue weighted by atomic mass is 16.5. The Balaban J connectivity index is 2.14. The first-order chi connectivity index (χ1) is 6.79. The quantitative estimate of drug-likeness (QED) is 0.635. The minimum atomic E-state index is 0.738. The van der Waals surface area contributed by atoms with Crippen molar-refractivity contribution in [2.45, 2.75) is 33.1 Å². The van der Waals surface area contributed by atoms with Crippen LogP contribution in [0.4, 0.5) is 0 Å². The fourth-order valence-corrected chi connectivity index (χ4v) is 2.45. The minimum Gasteiger partial charge on any atom is -0.384 e. The van der Waals surface area contributed by atoms with Gasteiger partial charge in [0.2, 0.25) is 0 Å².